The summed E-state index contributed by atoms with van der Waals surface area (Å²) in [6.45, 7) is 4.09. The van der Waals surface area contributed by atoms with Crippen molar-refractivity contribution in [2.45, 2.75) is 37.4 Å². The maximum atomic E-state index is 13.2. The molecular formula is C26H27FN2O3S. The highest BCUT2D eigenvalue weighted by atomic mass is 32.2. The van der Waals surface area contributed by atoms with E-state index in [4.69, 9.17) is 0 Å². The first-order valence-electron chi connectivity index (χ1n) is 10.9. The number of halogens is 1. The van der Waals surface area contributed by atoms with Crippen LogP contribution < -0.4 is 5.32 Å². The highest BCUT2D eigenvalue weighted by Crippen LogP contribution is 2.31. The monoisotopic (exact) mass is 466 g/mol. The molecule has 7 heteroatoms. The van der Waals surface area contributed by atoms with Gasteiger partial charge in [0.25, 0.3) is 5.91 Å². The van der Waals surface area contributed by atoms with Gasteiger partial charge in [0.2, 0.25) is 0 Å². The lowest BCUT2D eigenvalue weighted by Gasteiger charge is -2.35. The van der Waals surface area contributed by atoms with Crippen LogP contribution in [0.3, 0.4) is 0 Å². The number of sulfone groups is 1. The summed E-state index contributed by atoms with van der Waals surface area (Å²) in [5, 5.41) is 2.91. The maximum Gasteiger partial charge on any atom is 0.251 e. The molecule has 0 aliphatic carbocycles. The van der Waals surface area contributed by atoms with Crippen molar-refractivity contribution in [1.82, 2.24) is 10.2 Å². The van der Waals surface area contributed by atoms with E-state index in [2.05, 4.69) is 17.1 Å². The van der Waals surface area contributed by atoms with Crippen LogP contribution in [-0.2, 0) is 29.3 Å². The van der Waals surface area contributed by atoms with Gasteiger partial charge in [-0.25, -0.2) is 12.8 Å². The summed E-state index contributed by atoms with van der Waals surface area (Å²) in [6, 6.07) is 19.2. The number of amides is 1. The summed E-state index contributed by atoms with van der Waals surface area (Å²) in [7, 11) is -3.24. The largest absolute Gasteiger partial charge is 0.348 e. The van der Waals surface area contributed by atoms with Gasteiger partial charge in [0.05, 0.1) is 4.90 Å². The van der Waals surface area contributed by atoms with E-state index < -0.39 is 9.84 Å². The Bertz CT molecular complexity index is 1260. The first-order valence-corrected chi connectivity index (χ1v) is 12.8. The lowest BCUT2D eigenvalue weighted by atomic mass is 9.91. The van der Waals surface area contributed by atoms with Gasteiger partial charge < -0.3 is 5.32 Å². The Morgan fingerprint density at radius 3 is 2.36 bits per heavy atom. The average molecular weight is 467 g/mol. The highest BCUT2D eigenvalue weighted by Gasteiger charge is 2.24. The number of carbonyl (C=O) groups excluding carboxylic acids is 1. The molecule has 1 amide bonds. The molecule has 1 aliphatic heterocycles. The molecule has 1 atom stereocenters. The Morgan fingerprint density at radius 2 is 1.70 bits per heavy atom. The first-order chi connectivity index (χ1) is 15.7. The van der Waals surface area contributed by atoms with Gasteiger partial charge in [0, 0.05) is 37.5 Å². The summed E-state index contributed by atoms with van der Waals surface area (Å²) in [5.74, 6) is -0.390. The fraction of sp³-hybridized carbons (Fsp3) is 0.269. The van der Waals surface area contributed by atoms with Crippen molar-refractivity contribution in [2.75, 3.05) is 12.8 Å². The van der Waals surface area contributed by atoms with Crippen LogP contribution in [-0.4, -0.2) is 32.0 Å². The predicted molar refractivity (Wildman–Crippen MR) is 126 cm³/mol. The first kappa shape index (κ1) is 23.1. The van der Waals surface area contributed by atoms with Gasteiger partial charge in [-0.05, 0) is 72.0 Å². The second kappa shape index (κ2) is 9.45. The summed E-state index contributed by atoms with van der Waals surface area (Å²) >= 11 is 0. The molecule has 3 aromatic rings. The van der Waals surface area contributed by atoms with Crippen LogP contribution in [0.25, 0.3) is 0 Å². The van der Waals surface area contributed by atoms with Crippen molar-refractivity contribution < 1.29 is 17.6 Å². The number of benzene rings is 3. The van der Waals surface area contributed by atoms with Crippen molar-refractivity contribution in [3.63, 3.8) is 0 Å². The van der Waals surface area contributed by atoms with E-state index >= 15 is 0 Å². The van der Waals surface area contributed by atoms with Crippen LogP contribution in [0.15, 0.2) is 71.6 Å². The normalized spacial score (nSPS) is 16.3. The van der Waals surface area contributed by atoms with Crippen LogP contribution in [0, 0.1) is 5.82 Å². The van der Waals surface area contributed by atoms with Crippen LogP contribution in [0.2, 0.25) is 0 Å². The molecule has 33 heavy (non-hydrogen) atoms. The molecule has 3 aromatic carbocycles. The molecule has 0 spiro atoms. The zero-order chi connectivity index (χ0) is 23.6. The standard InChI is InChI=1S/C26H27FN2O3S/c1-18-25-12-7-22(26(30)28-16-19-5-10-24(11-6-19)33(2,31)32)15-21(25)13-14-29(18)17-20-3-8-23(27)9-4-20/h3-12,15,18H,13-14,16-17H2,1-2H3,(H,28,30). The fourth-order valence-corrected chi connectivity index (χ4v) is 4.84. The molecule has 0 radical (unpaired) electrons. The molecule has 0 saturated heterocycles. The van der Waals surface area contributed by atoms with Crippen molar-refractivity contribution in [3.8, 4) is 0 Å². The molecule has 0 bridgehead atoms. The van der Waals surface area contributed by atoms with Crippen molar-refractivity contribution >= 4 is 15.7 Å². The summed E-state index contributed by atoms with van der Waals surface area (Å²) < 4.78 is 36.3. The number of nitrogens with zero attached hydrogens (tertiary/aromatic N) is 1. The topological polar surface area (TPSA) is 66.5 Å². The molecule has 0 fully saturated rings. The number of carbonyl (C=O) groups is 1. The van der Waals surface area contributed by atoms with E-state index in [0.717, 1.165) is 30.6 Å². The van der Waals surface area contributed by atoms with E-state index in [1.165, 1.54) is 29.5 Å². The Kier molecular flexibility index (Phi) is 6.63. The van der Waals surface area contributed by atoms with E-state index in [0.29, 0.717) is 12.1 Å². The number of hydrogen-bond acceptors (Lipinski definition) is 4. The van der Waals surface area contributed by atoms with Gasteiger partial charge >= 0.3 is 0 Å². The highest BCUT2D eigenvalue weighted by molar-refractivity contribution is 7.90. The lowest BCUT2D eigenvalue weighted by molar-refractivity contribution is 0.0950. The summed E-state index contributed by atoms with van der Waals surface area (Å²) in [6.07, 6.45) is 2.01. The van der Waals surface area contributed by atoms with E-state index in [1.807, 2.05) is 30.3 Å². The van der Waals surface area contributed by atoms with Crippen LogP contribution in [0.4, 0.5) is 4.39 Å². The molecule has 1 aliphatic rings. The third-order valence-corrected chi connectivity index (χ3v) is 7.30. The minimum absolute atomic E-state index is 0.161. The molecular weight excluding hydrogens is 439 g/mol. The van der Waals surface area contributed by atoms with Gasteiger partial charge in [-0.1, -0.05) is 30.3 Å². The van der Waals surface area contributed by atoms with E-state index in [9.17, 15) is 17.6 Å². The second-order valence-corrected chi connectivity index (χ2v) is 10.6. The quantitative estimate of drug-likeness (QED) is 0.589. The predicted octanol–water partition coefficient (Wildman–Crippen LogP) is 4.28. The van der Waals surface area contributed by atoms with E-state index in [-0.39, 0.29) is 22.7 Å². The van der Waals surface area contributed by atoms with Gasteiger partial charge in [0.1, 0.15) is 5.82 Å². The molecule has 4 rings (SSSR count). The van der Waals surface area contributed by atoms with Crippen LogP contribution in [0.5, 0.6) is 0 Å². The zero-order valence-electron chi connectivity index (χ0n) is 18.7. The average Bonchev–Trinajstić information content (AvgIpc) is 2.80. The number of hydrogen-bond donors (Lipinski definition) is 1. The number of nitrogens with one attached hydrogen (secondary N) is 1. The van der Waals surface area contributed by atoms with Gasteiger partial charge in [-0.3, -0.25) is 9.69 Å². The number of rotatable bonds is 6. The van der Waals surface area contributed by atoms with Gasteiger partial charge in [-0.2, -0.15) is 0 Å². The minimum Gasteiger partial charge on any atom is -0.348 e. The lowest BCUT2D eigenvalue weighted by Crippen LogP contribution is -2.34. The molecule has 0 saturated carbocycles. The Morgan fingerprint density at radius 1 is 1.03 bits per heavy atom. The Labute approximate surface area is 194 Å². The summed E-state index contributed by atoms with van der Waals surface area (Å²) in [4.78, 5) is 15.3. The SMILES string of the molecule is CC1c2ccc(C(=O)NCc3ccc(S(C)(=O)=O)cc3)cc2CCN1Cc1ccc(F)cc1. The van der Waals surface area contributed by atoms with Crippen molar-refractivity contribution in [1.29, 1.82) is 0 Å². The van der Waals surface area contributed by atoms with Gasteiger partial charge in [-0.15, -0.1) is 0 Å². The third-order valence-electron chi connectivity index (χ3n) is 6.17. The molecule has 1 N–H and O–H groups in total. The minimum atomic E-state index is -3.24. The van der Waals surface area contributed by atoms with Crippen molar-refractivity contribution in [2.24, 2.45) is 0 Å². The molecule has 1 heterocycles. The molecule has 172 valence electrons. The smallest absolute Gasteiger partial charge is 0.251 e. The maximum absolute atomic E-state index is 13.2. The molecule has 0 aromatic heterocycles. The zero-order valence-corrected chi connectivity index (χ0v) is 19.5. The molecule has 5 nitrogen and oxygen atoms in total. The third kappa shape index (κ3) is 5.49. The van der Waals surface area contributed by atoms with Gasteiger partial charge in [0.15, 0.2) is 9.84 Å². The summed E-state index contributed by atoms with van der Waals surface area (Å²) in [5.41, 5.74) is 4.89. The van der Waals surface area contributed by atoms with E-state index in [1.54, 1.807) is 24.3 Å². The number of fused-ring (bicyclic) bond motifs is 1. The Hall–Kier alpha value is -3.03. The second-order valence-electron chi connectivity index (χ2n) is 8.54. The van der Waals surface area contributed by atoms with Crippen LogP contribution >= 0.6 is 0 Å². The molecule has 1 unspecified atom stereocenters. The van der Waals surface area contributed by atoms with Crippen molar-refractivity contribution in [3.05, 3.63) is 100 Å². The Balaban J connectivity index is 1.40. The van der Waals surface area contributed by atoms with Crippen LogP contribution in [0.1, 0.15) is 45.6 Å². The fourth-order valence-electron chi connectivity index (χ4n) is 4.20.